The van der Waals surface area contributed by atoms with Gasteiger partial charge >= 0.3 is 0 Å². The van der Waals surface area contributed by atoms with E-state index in [0.717, 1.165) is 6.07 Å². The summed E-state index contributed by atoms with van der Waals surface area (Å²) >= 11 is 2.97. The van der Waals surface area contributed by atoms with E-state index in [0.29, 0.717) is 5.56 Å². The van der Waals surface area contributed by atoms with Crippen molar-refractivity contribution >= 4 is 21.7 Å². The Morgan fingerprint density at radius 3 is 2.39 bits per heavy atom. The van der Waals surface area contributed by atoms with E-state index in [9.17, 15) is 13.6 Å². The molecule has 0 fully saturated rings. The quantitative estimate of drug-likeness (QED) is 0.615. The van der Waals surface area contributed by atoms with Crippen molar-refractivity contribution in [3.63, 3.8) is 0 Å². The molecule has 2 rings (SSSR count). The van der Waals surface area contributed by atoms with Crippen LogP contribution in [0, 0.1) is 11.6 Å². The minimum Gasteiger partial charge on any atom is -0.294 e. The summed E-state index contributed by atoms with van der Waals surface area (Å²) in [6.45, 7) is 0. The molecule has 2 aromatic rings. The molecular weight excluding hydrogens is 302 g/mol. The molecule has 2 aromatic carbocycles. The number of ketones is 1. The number of hydrogen-bond donors (Lipinski definition) is 0. The van der Waals surface area contributed by atoms with Crippen molar-refractivity contribution in [2.45, 2.75) is 6.42 Å². The number of Topliss-reactive ketones (excluding diaryl/α,β-unsaturated/α-hetero) is 1. The van der Waals surface area contributed by atoms with Gasteiger partial charge in [0.25, 0.3) is 0 Å². The van der Waals surface area contributed by atoms with Crippen molar-refractivity contribution in [1.82, 2.24) is 0 Å². The average molecular weight is 311 g/mol. The largest absolute Gasteiger partial charge is 0.294 e. The molecule has 0 aliphatic rings. The molecule has 0 bridgehead atoms. The summed E-state index contributed by atoms with van der Waals surface area (Å²) in [7, 11) is 0. The molecule has 92 valence electrons. The minimum absolute atomic E-state index is 0.153. The lowest BCUT2D eigenvalue weighted by Gasteiger charge is -2.06. The van der Waals surface area contributed by atoms with Gasteiger partial charge in [0.2, 0.25) is 0 Å². The molecule has 18 heavy (non-hydrogen) atoms. The van der Waals surface area contributed by atoms with E-state index in [4.69, 9.17) is 0 Å². The van der Waals surface area contributed by atoms with Crippen molar-refractivity contribution < 1.29 is 13.6 Å². The van der Waals surface area contributed by atoms with Gasteiger partial charge in [-0.2, -0.15) is 0 Å². The Kier molecular flexibility index (Phi) is 3.87. The third-order valence-corrected chi connectivity index (χ3v) is 3.18. The van der Waals surface area contributed by atoms with Crippen LogP contribution >= 0.6 is 15.9 Å². The van der Waals surface area contributed by atoms with Crippen LogP contribution in [-0.2, 0) is 6.42 Å². The monoisotopic (exact) mass is 310 g/mol. The molecule has 0 atom stereocenters. The van der Waals surface area contributed by atoms with Gasteiger partial charge in [0, 0.05) is 17.5 Å². The zero-order chi connectivity index (χ0) is 13.1. The smallest absolute Gasteiger partial charge is 0.167 e. The Labute approximate surface area is 112 Å². The van der Waals surface area contributed by atoms with E-state index < -0.39 is 11.6 Å². The minimum atomic E-state index is -0.723. The topological polar surface area (TPSA) is 17.1 Å². The van der Waals surface area contributed by atoms with Gasteiger partial charge in [-0.05, 0) is 28.1 Å². The second-order valence-corrected chi connectivity index (χ2v) is 4.64. The number of carbonyl (C=O) groups excluding carboxylic acids is 1. The number of rotatable bonds is 3. The molecule has 4 heteroatoms. The van der Waals surface area contributed by atoms with Crippen LogP contribution < -0.4 is 0 Å². The first kappa shape index (κ1) is 12.9. The van der Waals surface area contributed by atoms with Crippen molar-refractivity contribution in [3.8, 4) is 0 Å². The molecule has 0 aliphatic heterocycles. The van der Waals surface area contributed by atoms with E-state index in [1.807, 2.05) is 0 Å². The molecule has 0 aliphatic carbocycles. The number of halogens is 3. The van der Waals surface area contributed by atoms with Gasteiger partial charge in [0.1, 0.15) is 11.6 Å². The summed E-state index contributed by atoms with van der Waals surface area (Å²) in [6.07, 6.45) is -0.291. The van der Waals surface area contributed by atoms with Gasteiger partial charge in [-0.15, -0.1) is 0 Å². The fourth-order valence-corrected chi connectivity index (χ4v) is 1.99. The fourth-order valence-electron chi connectivity index (χ4n) is 1.62. The van der Waals surface area contributed by atoms with E-state index in [2.05, 4.69) is 15.9 Å². The first-order valence-corrected chi connectivity index (χ1v) is 6.09. The second kappa shape index (κ2) is 5.40. The van der Waals surface area contributed by atoms with Gasteiger partial charge in [-0.1, -0.05) is 30.3 Å². The van der Waals surface area contributed by atoms with Crippen molar-refractivity contribution in [3.05, 3.63) is 69.7 Å². The van der Waals surface area contributed by atoms with Crippen LogP contribution in [-0.4, -0.2) is 5.78 Å². The number of benzene rings is 2. The third kappa shape index (κ3) is 2.64. The normalized spacial score (nSPS) is 10.4. The zero-order valence-electron chi connectivity index (χ0n) is 9.29. The second-order valence-electron chi connectivity index (χ2n) is 3.79. The Morgan fingerprint density at radius 2 is 1.72 bits per heavy atom. The van der Waals surface area contributed by atoms with Crippen LogP contribution in [0.4, 0.5) is 8.78 Å². The lowest BCUT2D eigenvalue weighted by Crippen LogP contribution is -2.07. The predicted octanol–water partition coefficient (Wildman–Crippen LogP) is 4.15. The Hall–Kier alpha value is -1.55. The predicted molar refractivity (Wildman–Crippen MR) is 68.5 cm³/mol. The van der Waals surface area contributed by atoms with Crippen molar-refractivity contribution in [1.29, 1.82) is 0 Å². The van der Waals surface area contributed by atoms with Gasteiger partial charge in [0.15, 0.2) is 5.78 Å². The highest BCUT2D eigenvalue weighted by Crippen LogP contribution is 2.22. The molecular formula is C14H9BrF2O. The summed E-state index contributed by atoms with van der Waals surface area (Å²) in [5.41, 5.74) is 0.231. The van der Waals surface area contributed by atoms with Gasteiger partial charge in [-0.3, -0.25) is 4.79 Å². The molecule has 0 unspecified atom stereocenters. The molecule has 0 amide bonds. The Balaban J connectivity index is 2.30. The highest BCUT2D eigenvalue weighted by molar-refractivity contribution is 9.10. The van der Waals surface area contributed by atoms with Gasteiger partial charge in [0.05, 0.1) is 4.47 Å². The zero-order valence-corrected chi connectivity index (χ0v) is 10.9. The molecule has 0 saturated carbocycles. The summed E-state index contributed by atoms with van der Waals surface area (Å²) < 4.78 is 27.3. The lowest BCUT2D eigenvalue weighted by atomic mass is 10.0. The van der Waals surface area contributed by atoms with Crippen LogP contribution in [0.3, 0.4) is 0 Å². The van der Waals surface area contributed by atoms with E-state index in [1.165, 1.54) is 6.07 Å². The summed E-state index contributed by atoms with van der Waals surface area (Å²) in [4.78, 5) is 11.9. The average Bonchev–Trinajstić information content (AvgIpc) is 2.40. The summed E-state index contributed by atoms with van der Waals surface area (Å²) in [6, 6.07) is 10.9. The third-order valence-electron chi connectivity index (χ3n) is 2.57. The van der Waals surface area contributed by atoms with Gasteiger partial charge < -0.3 is 0 Å². The summed E-state index contributed by atoms with van der Waals surface area (Å²) in [5.74, 6) is -1.74. The molecule has 0 radical (unpaired) electrons. The first-order chi connectivity index (χ1) is 8.59. The Morgan fingerprint density at radius 1 is 1.06 bits per heavy atom. The first-order valence-electron chi connectivity index (χ1n) is 5.30. The van der Waals surface area contributed by atoms with Crippen LogP contribution in [0.25, 0.3) is 0 Å². The highest BCUT2D eigenvalue weighted by atomic mass is 79.9. The standard InChI is InChI=1S/C14H9BrF2O/c15-11-6-7-12(16)10(14(11)17)8-13(18)9-4-2-1-3-5-9/h1-7H,8H2. The molecule has 0 heterocycles. The maximum Gasteiger partial charge on any atom is 0.167 e. The highest BCUT2D eigenvalue weighted by Gasteiger charge is 2.16. The number of hydrogen-bond acceptors (Lipinski definition) is 1. The molecule has 0 saturated heterocycles. The molecule has 1 nitrogen and oxygen atoms in total. The van der Waals surface area contributed by atoms with E-state index in [-0.39, 0.29) is 22.2 Å². The maximum absolute atomic E-state index is 13.7. The van der Waals surface area contributed by atoms with Gasteiger partial charge in [-0.25, -0.2) is 8.78 Å². The Bertz CT molecular complexity index is 582. The van der Waals surface area contributed by atoms with Crippen LogP contribution in [0.15, 0.2) is 46.9 Å². The van der Waals surface area contributed by atoms with Crippen LogP contribution in [0.1, 0.15) is 15.9 Å². The molecule has 0 N–H and O–H groups in total. The van der Waals surface area contributed by atoms with Crippen LogP contribution in [0.5, 0.6) is 0 Å². The summed E-state index contributed by atoms with van der Waals surface area (Å²) in [5, 5.41) is 0. The lowest BCUT2D eigenvalue weighted by molar-refractivity contribution is 0.0990. The van der Waals surface area contributed by atoms with E-state index >= 15 is 0 Å². The van der Waals surface area contributed by atoms with E-state index in [1.54, 1.807) is 30.3 Å². The van der Waals surface area contributed by atoms with Crippen molar-refractivity contribution in [2.24, 2.45) is 0 Å². The van der Waals surface area contributed by atoms with Crippen molar-refractivity contribution in [2.75, 3.05) is 0 Å². The van der Waals surface area contributed by atoms with Crippen LogP contribution in [0.2, 0.25) is 0 Å². The SMILES string of the molecule is O=C(Cc1c(F)ccc(Br)c1F)c1ccccc1. The molecule has 0 aromatic heterocycles. The maximum atomic E-state index is 13.7. The number of carbonyl (C=O) groups is 1. The fraction of sp³-hybridized carbons (Fsp3) is 0.0714. The molecule has 0 spiro atoms.